The second-order valence-electron chi connectivity index (χ2n) is 9.37. The number of hydrogen-bond acceptors (Lipinski definition) is 7. The van der Waals surface area contributed by atoms with Crippen LogP contribution in [0.15, 0.2) is 72.3 Å². The summed E-state index contributed by atoms with van der Waals surface area (Å²) in [5.41, 5.74) is 2.10. The predicted molar refractivity (Wildman–Crippen MR) is 147 cm³/mol. The van der Waals surface area contributed by atoms with Crippen LogP contribution in [-0.2, 0) is 14.4 Å². The number of nitrogens with zero attached hydrogens (tertiary/aromatic N) is 1. The predicted octanol–water partition coefficient (Wildman–Crippen LogP) is 5.77. The molecule has 8 nitrogen and oxygen atoms in total. The molecule has 1 aliphatic heterocycles. The summed E-state index contributed by atoms with van der Waals surface area (Å²) >= 11 is 0. The molecule has 8 heteroatoms. The second-order valence-corrected chi connectivity index (χ2v) is 9.37. The van der Waals surface area contributed by atoms with E-state index < -0.39 is 23.7 Å². The Bertz CT molecular complexity index is 1440. The average Bonchev–Trinajstić information content (AvgIpc) is 3.18. The lowest BCUT2D eigenvalue weighted by Crippen LogP contribution is -2.29. The summed E-state index contributed by atoms with van der Waals surface area (Å²) in [5, 5.41) is 11.6. The number of ketones is 1. The Balaban J connectivity index is 1.93. The highest BCUT2D eigenvalue weighted by atomic mass is 16.5. The largest absolute Gasteiger partial charge is 0.507 e. The number of aliphatic hydroxyl groups is 1. The molecule has 1 heterocycles. The molecule has 1 atom stereocenters. The Labute approximate surface area is 227 Å². The molecule has 0 aliphatic carbocycles. The number of carbonyl (C=O) groups is 3. The average molecular weight is 530 g/mol. The van der Waals surface area contributed by atoms with Crippen molar-refractivity contribution >= 4 is 29.1 Å². The summed E-state index contributed by atoms with van der Waals surface area (Å²) in [4.78, 5) is 39.9. The minimum absolute atomic E-state index is 0.0744. The molecule has 1 amide bonds. The van der Waals surface area contributed by atoms with Crippen LogP contribution in [0.25, 0.3) is 5.76 Å². The number of Topliss-reactive ketones (excluding diaryl/α,β-unsaturated/α-hetero) is 1. The van der Waals surface area contributed by atoms with Crippen LogP contribution in [0.5, 0.6) is 17.2 Å². The molecule has 1 N–H and O–H groups in total. The summed E-state index contributed by atoms with van der Waals surface area (Å²) in [6.07, 6.45) is 0. The van der Waals surface area contributed by atoms with Gasteiger partial charge >= 0.3 is 5.97 Å². The standard InChI is InChI=1S/C31H31NO7/c1-6-38-26-15-10-21(17-25(26)18(2)3)29(34)27-28(20-8-7-9-24(16-20)39-19(4)33)32(31(36)30(27)35)22-11-13-23(37-5)14-12-22/h7-18,28,34H,6H2,1-5H3/b29-27+. The van der Waals surface area contributed by atoms with Crippen molar-refractivity contribution < 1.29 is 33.7 Å². The normalized spacial score (nSPS) is 16.5. The second kappa shape index (κ2) is 11.4. The molecule has 3 aromatic rings. The van der Waals surface area contributed by atoms with Gasteiger partial charge in [-0.25, -0.2) is 0 Å². The molecule has 0 bridgehead atoms. The fraction of sp³-hybridized carbons (Fsp3) is 0.258. The molecule has 1 aliphatic rings. The number of ether oxygens (including phenoxy) is 3. The molecule has 4 rings (SSSR count). The fourth-order valence-corrected chi connectivity index (χ4v) is 4.66. The Morgan fingerprint density at radius 3 is 2.33 bits per heavy atom. The van der Waals surface area contributed by atoms with E-state index in [1.54, 1.807) is 66.7 Å². The SMILES string of the molecule is CCOc1ccc(/C(O)=C2\C(=O)C(=O)N(c3ccc(OC)cc3)C2c2cccc(OC(C)=O)c2)cc1C(C)C. The zero-order chi connectivity index (χ0) is 28.3. The summed E-state index contributed by atoms with van der Waals surface area (Å²) in [7, 11) is 1.53. The minimum Gasteiger partial charge on any atom is -0.507 e. The van der Waals surface area contributed by atoms with Crippen molar-refractivity contribution in [3.05, 3.63) is 89.0 Å². The van der Waals surface area contributed by atoms with E-state index in [0.717, 1.165) is 5.56 Å². The number of methoxy groups -OCH3 is 1. The van der Waals surface area contributed by atoms with Gasteiger partial charge in [0.25, 0.3) is 11.7 Å². The van der Waals surface area contributed by atoms with Gasteiger partial charge in [0, 0.05) is 18.2 Å². The molecule has 0 aromatic heterocycles. The van der Waals surface area contributed by atoms with Crippen LogP contribution >= 0.6 is 0 Å². The van der Waals surface area contributed by atoms with E-state index in [4.69, 9.17) is 14.2 Å². The van der Waals surface area contributed by atoms with E-state index in [-0.39, 0.29) is 23.0 Å². The Morgan fingerprint density at radius 2 is 1.72 bits per heavy atom. The first-order valence-electron chi connectivity index (χ1n) is 12.7. The maximum Gasteiger partial charge on any atom is 0.308 e. The van der Waals surface area contributed by atoms with E-state index in [1.807, 2.05) is 20.8 Å². The number of amides is 1. The van der Waals surface area contributed by atoms with E-state index in [0.29, 0.717) is 34.9 Å². The molecule has 0 spiro atoms. The van der Waals surface area contributed by atoms with Gasteiger partial charge in [0.05, 0.1) is 25.3 Å². The van der Waals surface area contributed by atoms with E-state index in [1.165, 1.54) is 18.9 Å². The Kier molecular flexibility index (Phi) is 8.04. The molecule has 202 valence electrons. The first-order chi connectivity index (χ1) is 18.7. The molecule has 0 radical (unpaired) electrons. The highest BCUT2D eigenvalue weighted by molar-refractivity contribution is 6.51. The number of anilines is 1. The van der Waals surface area contributed by atoms with E-state index in [2.05, 4.69) is 0 Å². The molecule has 0 saturated carbocycles. The zero-order valence-corrected chi connectivity index (χ0v) is 22.6. The van der Waals surface area contributed by atoms with Crippen LogP contribution < -0.4 is 19.1 Å². The van der Waals surface area contributed by atoms with Crippen molar-refractivity contribution in [3.8, 4) is 17.2 Å². The van der Waals surface area contributed by atoms with Gasteiger partial charge in [-0.15, -0.1) is 0 Å². The number of aliphatic hydroxyl groups excluding tert-OH is 1. The molecule has 1 unspecified atom stereocenters. The molecule has 3 aromatic carbocycles. The van der Waals surface area contributed by atoms with Crippen molar-refractivity contribution in [1.29, 1.82) is 0 Å². The van der Waals surface area contributed by atoms with E-state index in [9.17, 15) is 19.5 Å². The number of benzene rings is 3. The Hall–Kier alpha value is -4.59. The van der Waals surface area contributed by atoms with Crippen LogP contribution in [0.3, 0.4) is 0 Å². The summed E-state index contributed by atoms with van der Waals surface area (Å²) in [5.74, 6) is -0.830. The van der Waals surface area contributed by atoms with Gasteiger partial charge in [-0.05, 0) is 78.6 Å². The molecule has 1 fully saturated rings. The lowest BCUT2D eigenvalue weighted by Gasteiger charge is -2.26. The van der Waals surface area contributed by atoms with Gasteiger partial charge in [-0.2, -0.15) is 0 Å². The number of esters is 1. The van der Waals surface area contributed by atoms with Crippen LogP contribution in [0.4, 0.5) is 5.69 Å². The Morgan fingerprint density at radius 1 is 1.00 bits per heavy atom. The molecule has 1 saturated heterocycles. The lowest BCUT2D eigenvalue weighted by atomic mass is 9.93. The smallest absolute Gasteiger partial charge is 0.308 e. The van der Waals surface area contributed by atoms with Gasteiger partial charge in [-0.1, -0.05) is 26.0 Å². The lowest BCUT2D eigenvalue weighted by molar-refractivity contribution is -0.132. The zero-order valence-electron chi connectivity index (χ0n) is 22.6. The number of rotatable bonds is 8. The van der Waals surface area contributed by atoms with Crippen LogP contribution in [0, 0.1) is 0 Å². The van der Waals surface area contributed by atoms with Gasteiger partial charge in [0.15, 0.2) is 0 Å². The van der Waals surface area contributed by atoms with Crippen molar-refractivity contribution in [2.24, 2.45) is 0 Å². The monoisotopic (exact) mass is 529 g/mol. The quantitative estimate of drug-likeness (QED) is 0.130. The maximum atomic E-state index is 13.5. The minimum atomic E-state index is -0.983. The molecular formula is C31H31NO7. The van der Waals surface area contributed by atoms with Crippen LogP contribution in [-0.4, -0.2) is 36.5 Å². The van der Waals surface area contributed by atoms with Gasteiger partial charge in [-0.3, -0.25) is 19.3 Å². The maximum absolute atomic E-state index is 13.5. The number of hydrogen-bond donors (Lipinski definition) is 1. The van der Waals surface area contributed by atoms with E-state index >= 15 is 0 Å². The van der Waals surface area contributed by atoms with Gasteiger partial charge in [0.2, 0.25) is 0 Å². The van der Waals surface area contributed by atoms with Gasteiger partial charge < -0.3 is 19.3 Å². The highest BCUT2D eigenvalue weighted by Crippen LogP contribution is 2.43. The summed E-state index contributed by atoms with van der Waals surface area (Å²) < 4.78 is 16.2. The fourth-order valence-electron chi connectivity index (χ4n) is 4.66. The third-order valence-electron chi connectivity index (χ3n) is 6.44. The third-order valence-corrected chi connectivity index (χ3v) is 6.44. The number of carbonyl (C=O) groups excluding carboxylic acids is 3. The summed E-state index contributed by atoms with van der Waals surface area (Å²) in [6, 6.07) is 17.5. The topological polar surface area (TPSA) is 102 Å². The van der Waals surface area contributed by atoms with Crippen molar-refractivity contribution in [3.63, 3.8) is 0 Å². The third kappa shape index (κ3) is 5.50. The van der Waals surface area contributed by atoms with Crippen LogP contribution in [0.1, 0.15) is 56.3 Å². The van der Waals surface area contributed by atoms with Gasteiger partial charge in [0.1, 0.15) is 23.0 Å². The van der Waals surface area contributed by atoms with Crippen molar-refractivity contribution in [2.45, 2.75) is 39.7 Å². The molecular weight excluding hydrogens is 498 g/mol. The van der Waals surface area contributed by atoms with Crippen molar-refractivity contribution in [1.82, 2.24) is 0 Å². The molecule has 39 heavy (non-hydrogen) atoms. The first kappa shape index (κ1) is 27.4. The highest BCUT2D eigenvalue weighted by Gasteiger charge is 2.47. The van der Waals surface area contributed by atoms with Crippen molar-refractivity contribution in [2.75, 3.05) is 18.6 Å². The first-order valence-corrected chi connectivity index (χ1v) is 12.7. The van der Waals surface area contributed by atoms with Crippen LogP contribution in [0.2, 0.25) is 0 Å². The summed E-state index contributed by atoms with van der Waals surface area (Å²) in [6.45, 7) is 7.67.